The maximum atomic E-state index is 13.2. The van der Waals surface area contributed by atoms with E-state index in [1.54, 1.807) is 6.92 Å². The third-order valence-electron chi connectivity index (χ3n) is 5.54. The lowest BCUT2D eigenvalue weighted by Crippen LogP contribution is -2.27. The van der Waals surface area contributed by atoms with E-state index in [0.29, 0.717) is 23.7 Å². The number of benzene rings is 1. The SMILES string of the molecule is CC(N=O)c1cnc(N(C(=O)CCC2CCCC2)c2ccc(S(C)(=O)=O)c(Cl)c2)cn1. The summed E-state index contributed by atoms with van der Waals surface area (Å²) in [6.07, 6.45) is 9.65. The molecule has 1 aromatic carbocycles. The molecule has 0 spiro atoms. The molecular formula is C21H25ClN4O4S. The molecule has 31 heavy (non-hydrogen) atoms. The smallest absolute Gasteiger partial charge is 0.232 e. The predicted molar refractivity (Wildman–Crippen MR) is 119 cm³/mol. The lowest BCUT2D eigenvalue weighted by atomic mass is 10.0. The highest BCUT2D eigenvalue weighted by atomic mass is 35.5. The van der Waals surface area contributed by atoms with E-state index >= 15 is 0 Å². The molecule has 10 heteroatoms. The number of aromatic nitrogens is 2. The number of nitroso groups, excluding NO2 is 1. The average Bonchev–Trinajstić information content (AvgIpc) is 3.25. The summed E-state index contributed by atoms with van der Waals surface area (Å²) in [5.41, 5.74) is 0.792. The van der Waals surface area contributed by atoms with Gasteiger partial charge in [-0.3, -0.25) is 14.7 Å². The number of amides is 1. The lowest BCUT2D eigenvalue weighted by Gasteiger charge is -2.23. The van der Waals surface area contributed by atoms with Gasteiger partial charge in [0.25, 0.3) is 0 Å². The molecule has 3 rings (SSSR count). The highest BCUT2D eigenvalue weighted by molar-refractivity contribution is 7.90. The molecule has 0 saturated heterocycles. The fourth-order valence-electron chi connectivity index (χ4n) is 3.79. The molecular weight excluding hydrogens is 440 g/mol. The van der Waals surface area contributed by atoms with Crippen LogP contribution in [0.3, 0.4) is 0 Å². The van der Waals surface area contributed by atoms with Crippen LogP contribution < -0.4 is 4.90 Å². The first-order valence-electron chi connectivity index (χ1n) is 10.2. The molecule has 8 nitrogen and oxygen atoms in total. The van der Waals surface area contributed by atoms with Gasteiger partial charge in [0.05, 0.1) is 33.7 Å². The molecule has 2 aromatic rings. The molecule has 1 aromatic heterocycles. The van der Waals surface area contributed by atoms with E-state index in [2.05, 4.69) is 15.1 Å². The van der Waals surface area contributed by atoms with Gasteiger partial charge in [-0.25, -0.2) is 13.4 Å². The van der Waals surface area contributed by atoms with Gasteiger partial charge in [-0.2, -0.15) is 4.91 Å². The minimum Gasteiger partial charge on any atom is -0.274 e. The van der Waals surface area contributed by atoms with Crippen molar-refractivity contribution in [3.8, 4) is 0 Å². The Bertz CT molecular complexity index is 1050. The van der Waals surface area contributed by atoms with Gasteiger partial charge in [0.15, 0.2) is 15.7 Å². The van der Waals surface area contributed by atoms with E-state index in [4.69, 9.17) is 11.6 Å². The summed E-state index contributed by atoms with van der Waals surface area (Å²) in [5.74, 6) is 0.620. The Morgan fingerprint density at radius 1 is 1.26 bits per heavy atom. The molecule has 1 unspecified atom stereocenters. The molecule has 1 heterocycles. The quantitative estimate of drug-likeness (QED) is 0.508. The van der Waals surface area contributed by atoms with E-state index in [9.17, 15) is 18.1 Å². The molecule has 0 N–H and O–H groups in total. The Morgan fingerprint density at radius 2 is 1.97 bits per heavy atom. The van der Waals surface area contributed by atoms with Crippen LogP contribution in [0.25, 0.3) is 0 Å². The van der Waals surface area contributed by atoms with E-state index in [1.807, 2.05) is 0 Å². The standard InChI is InChI=1S/C21H25ClN4O4S/c1-14(25-28)18-12-24-20(13-23-18)26(21(27)10-7-15-5-3-4-6-15)16-8-9-19(17(22)11-16)31(2,29)30/h8-9,11-15H,3-7,10H2,1-2H3. The van der Waals surface area contributed by atoms with E-state index < -0.39 is 15.9 Å². The highest BCUT2D eigenvalue weighted by Crippen LogP contribution is 2.33. The first-order valence-corrected chi connectivity index (χ1v) is 12.4. The van der Waals surface area contributed by atoms with Crippen LogP contribution in [-0.2, 0) is 14.6 Å². The monoisotopic (exact) mass is 464 g/mol. The van der Waals surface area contributed by atoms with Crippen molar-refractivity contribution in [1.82, 2.24) is 9.97 Å². The van der Waals surface area contributed by atoms with Crippen LogP contribution in [0.15, 0.2) is 40.7 Å². The fourth-order valence-corrected chi connectivity index (χ4v) is 5.11. The van der Waals surface area contributed by atoms with Gasteiger partial charge < -0.3 is 0 Å². The van der Waals surface area contributed by atoms with Crippen molar-refractivity contribution in [2.75, 3.05) is 11.2 Å². The first-order chi connectivity index (χ1) is 14.7. The molecule has 1 fully saturated rings. The molecule has 1 atom stereocenters. The molecule has 1 amide bonds. The van der Waals surface area contributed by atoms with Crippen molar-refractivity contribution in [2.45, 2.75) is 56.4 Å². The van der Waals surface area contributed by atoms with Crippen molar-refractivity contribution < 1.29 is 13.2 Å². The van der Waals surface area contributed by atoms with Gasteiger partial charge in [0.2, 0.25) is 5.91 Å². The number of carbonyl (C=O) groups excluding carboxylic acids is 1. The van der Waals surface area contributed by atoms with Gasteiger partial charge in [0, 0.05) is 12.7 Å². The third kappa shape index (κ3) is 5.65. The molecule has 0 aliphatic heterocycles. The zero-order chi connectivity index (χ0) is 22.6. The van der Waals surface area contributed by atoms with Crippen LogP contribution >= 0.6 is 11.6 Å². The van der Waals surface area contributed by atoms with Crippen molar-refractivity contribution in [1.29, 1.82) is 0 Å². The van der Waals surface area contributed by atoms with E-state index in [-0.39, 0.29) is 21.6 Å². The van der Waals surface area contributed by atoms with E-state index in [0.717, 1.165) is 25.5 Å². The summed E-state index contributed by atoms with van der Waals surface area (Å²) in [6.45, 7) is 1.60. The van der Waals surface area contributed by atoms with Crippen LogP contribution in [0.1, 0.15) is 57.2 Å². The van der Waals surface area contributed by atoms with Gasteiger partial charge in [-0.1, -0.05) is 42.5 Å². The van der Waals surface area contributed by atoms with Crippen molar-refractivity contribution in [3.05, 3.63) is 46.2 Å². The number of hydrogen-bond acceptors (Lipinski definition) is 7. The van der Waals surface area contributed by atoms with Crippen LogP contribution in [0.2, 0.25) is 5.02 Å². The summed E-state index contributed by atoms with van der Waals surface area (Å²) >= 11 is 6.22. The summed E-state index contributed by atoms with van der Waals surface area (Å²) in [6, 6.07) is 3.69. The van der Waals surface area contributed by atoms with E-state index in [1.165, 1.54) is 48.3 Å². The number of anilines is 2. The van der Waals surface area contributed by atoms with Crippen LogP contribution in [0.5, 0.6) is 0 Å². The molecule has 166 valence electrons. The molecule has 0 bridgehead atoms. The Balaban J connectivity index is 1.94. The van der Waals surface area contributed by atoms with Gasteiger partial charge >= 0.3 is 0 Å². The zero-order valence-corrected chi connectivity index (χ0v) is 19.1. The van der Waals surface area contributed by atoms with Crippen molar-refractivity contribution in [2.24, 2.45) is 11.1 Å². The van der Waals surface area contributed by atoms with Gasteiger partial charge in [0.1, 0.15) is 6.04 Å². The summed E-state index contributed by atoms with van der Waals surface area (Å²) in [7, 11) is -3.50. The molecule has 1 saturated carbocycles. The second kappa shape index (κ2) is 9.82. The predicted octanol–water partition coefficient (Wildman–Crippen LogP) is 5.00. The van der Waals surface area contributed by atoms with Gasteiger partial charge in [-0.05, 0) is 37.5 Å². The summed E-state index contributed by atoms with van der Waals surface area (Å²) in [4.78, 5) is 33.9. The maximum absolute atomic E-state index is 13.2. The van der Waals surface area contributed by atoms with Crippen molar-refractivity contribution in [3.63, 3.8) is 0 Å². The Kier molecular flexibility index (Phi) is 7.38. The molecule has 1 aliphatic carbocycles. The van der Waals surface area contributed by atoms with Crippen LogP contribution in [-0.4, -0.2) is 30.5 Å². The lowest BCUT2D eigenvalue weighted by molar-refractivity contribution is -0.118. The Morgan fingerprint density at radius 3 is 2.52 bits per heavy atom. The van der Waals surface area contributed by atoms with Crippen LogP contribution in [0.4, 0.5) is 11.5 Å². The minimum atomic E-state index is -3.50. The highest BCUT2D eigenvalue weighted by Gasteiger charge is 2.24. The topological polar surface area (TPSA) is 110 Å². The number of carbonyl (C=O) groups is 1. The molecule has 1 aliphatic rings. The molecule has 0 radical (unpaired) electrons. The normalized spacial score (nSPS) is 15.6. The number of sulfone groups is 1. The maximum Gasteiger partial charge on any atom is 0.232 e. The summed E-state index contributed by atoms with van der Waals surface area (Å²) in [5, 5.41) is 2.96. The second-order valence-electron chi connectivity index (χ2n) is 7.89. The fraction of sp³-hybridized carbons (Fsp3) is 0.476. The zero-order valence-electron chi connectivity index (χ0n) is 17.5. The first kappa shape index (κ1) is 23.3. The number of halogens is 1. The number of rotatable bonds is 8. The van der Waals surface area contributed by atoms with Crippen LogP contribution in [0, 0.1) is 10.8 Å². The Hall–Kier alpha value is -2.39. The summed E-state index contributed by atoms with van der Waals surface area (Å²) < 4.78 is 23.8. The Labute approximate surface area is 186 Å². The van der Waals surface area contributed by atoms with Crippen molar-refractivity contribution >= 4 is 38.9 Å². The largest absolute Gasteiger partial charge is 0.274 e. The number of nitrogens with zero attached hydrogens (tertiary/aromatic N) is 4. The second-order valence-corrected chi connectivity index (χ2v) is 10.3. The van der Waals surface area contributed by atoms with Gasteiger partial charge in [-0.15, -0.1) is 0 Å². The third-order valence-corrected chi connectivity index (χ3v) is 7.12. The average molecular weight is 465 g/mol. The minimum absolute atomic E-state index is 0.0106. The number of hydrogen-bond donors (Lipinski definition) is 0.